The number of aromatic hydroxyl groups is 1. The number of phenolic OH excluding ortho intramolecular Hbond substituents is 1. The van der Waals surface area contributed by atoms with Gasteiger partial charge in [-0.25, -0.2) is 0 Å². The molecule has 0 aliphatic carbocycles. The Morgan fingerprint density at radius 1 is 0.886 bits per heavy atom. The average molecular weight is 476 g/mol. The lowest BCUT2D eigenvalue weighted by molar-refractivity contribution is 0.0950. The maximum atomic E-state index is 12.6. The molecular formula is C31H41NO3. The van der Waals surface area contributed by atoms with E-state index in [0.29, 0.717) is 24.1 Å². The van der Waals surface area contributed by atoms with Crippen molar-refractivity contribution in [3.8, 4) is 11.5 Å². The van der Waals surface area contributed by atoms with Crippen LogP contribution in [0.15, 0.2) is 54.6 Å². The van der Waals surface area contributed by atoms with Gasteiger partial charge in [-0.05, 0) is 71.2 Å². The standard InChI is InChI=1S/C31H41NO3/c1-7-30(3,4)26-18-16-23(21-27(26)31(5,6)8-2)35-20-12-11-19-32-29(34)25-17-15-22-13-9-10-14-24(22)28(25)33/h9-10,13-18,21,33H,7-8,11-12,19-20H2,1-6H3,(H,32,34). The normalized spacial score (nSPS) is 12.1. The predicted molar refractivity (Wildman–Crippen MR) is 146 cm³/mol. The third kappa shape index (κ3) is 6.17. The Morgan fingerprint density at radius 2 is 1.57 bits per heavy atom. The molecule has 4 nitrogen and oxygen atoms in total. The molecule has 3 aromatic rings. The first kappa shape index (κ1) is 26.6. The molecule has 0 atom stereocenters. The third-order valence-corrected chi connectivity index (χ3v) is 7.49. The number of fused-ring (bicyclic) bond motifs is 1. The van der Waals surface area contributed by atoms with Gasteiger partial charge in [-0.15, -0.1) is 0 Å². The summed E-state index contributed by atoms with van der Waals surface area (Å²) in [7, 11) is 0. The minimum atomic E-state index is -0.255. The Labute approximate surface area is 210 Å². The molecule has 0 unspecified atom stereocenters. The van der Waals surface area contributed by atoms with Gasteiger partial charge in [0, 0.05) is 11.9 Å². The zero-order chi connectivity index (χ0) is 25.6. The number of nitrogens with one attached hydrogen (secondary N) is 1. The number of amides is 1. The van der Waals surface area contributed by atoms with E-state index in [1.165, 1.54) is 11.1 Å². The lowest BCUT2D eigenvalue weighted by atomic mass is 9.71. The van der Waals surface area contributed by atoms with E-state index in [9.17, 15) is 9.90 Å². The SMILES string of the molecule is CCC(C)(C)c1ccc(OCCCCNC(=O)c2ccc3ccccc3c2O)cc1C(C)(C)CC. The molecule has 0 heterocycles. The first-order chi connectivity index (χ1) is 16.6. The van der Waals surface area contributed by atoms with Crippen LogP contribution in [0.25, 0.3) is 10.8 Å². The van der Waals surface area contributed by atoms with Gasteiger partial charge in [-0.2, -0.15) is 0 Å². The van der Waals surface area contributed by atoms with Gasteiger partial charge in [0.1, 0.15) is 11.5 Å². The monoisotopic (exact) mass is 475 g/mol. The van der Waals surface area contributed by atoms with Crippen LogP contribution in [0.1, 0.15) is 88.7 Å². The van der Waals surface area contributed by atoms with E-state index in [1.54, 1.807) is 6.07 Å². The second-order valence-corrected chi connectivity index (χ2v) is 10.7. The van der Waals surface area contributed by atoms with Gasteiger partial charge < -0.3 is 15.2 Å². The van der Waals surface area contributed by atoms with E-state index >= 15 is 0 Å². The number of carbonyl (C=O) groups excluding carboxylic acids is 1. The summed E-state index contributed by atoms with van der Waals surface area (Å²) in [6, 6.07) is 17.6. The van der Waals surface area contributed by atoms with E-state index in [2.05, 4.69) is 65.1 Å². The zero-order valence-corrected chi connectivity index (χ0v) is 22.2. The van der Waals surface area contributed by atoms with Crippen LogP contribution in [0.2, 0.25) is 0 Å². The molecule has 0 fully saturated rings. The van der Waals surface area contributed by atoms with Gasteiger partial charge in [0.15, 0.2) is 0 Å². The van der Waals surface area contributed by atoms with Gasteiger partial charge in [-0.1, -0.05) is 77.9 Å². The number of rotatable bonds is 11. The van der Waals surface area contributed by atoms with Gasteiger partial charge in [0.05, 0.1) is 12.2 Å². The van der Waals surface area contributed by atoms with Crippen molar-refractivity contribution < 1.29 is 14.6 Å². The number of phenols is 1. The molecule has 4 heteroatoms. The second-order valence-electron chi connectivity index (χ2n) is 10.7. The Bertz CT molecular complexity index is 1160. The molecular weight excluding hydrogens is 434 g/mol. The van der Waals surface area contributed by atoms with Crippen molar-refractivity contribution in [3.05, 3.63) is 71.3 Å². The van der Waals surface area contributed by atoms with Gasteiger partial charge in [0.2, 0.25) is 0 Å². The quantitative estimate of drug-likeness (QED) is 0.282. The van der Waals surface area contributed by atoms with Crippen molar-refractivity contribution in [1.82, 2.24) is 5.32 Å². The van der Waals surface area contributed by atoms with Gasteiger partial charge in [-0.3, -0.25) is 4.79 Å². The summed E-state index contributed by atoms with van der Waals surface area (Å²) in [4.78, 5) is 12.6. The number of carbonyl (C=O) groups is 1. The minimum absolute atomic E-state index is 0.0319. The van der Waals surface area contributed by atoms with E-state index in [4.69, 9.17) is 4.74 Å². The van der Waals surface area contributed by atoms with Crippen LogP contribution < -0.4 is 10.1 Å². The minimum Gasteiger partial charge on any atom is -0.506 e. The number of ether oxygens (including phenoxy) is 1. The van der Waals surface area contributed by atoms with Gasteiger partial charge in [0.25, 0.3) is 5.91 Å². The largest absolute Gasteiger partial charge is 0.506 e. The highest BCUT2D eigenvalue weighted by Crippen LogP contribution is 2.39. The Kier molecular flexibility index (Phi) is 8.47. The Hall–Kier alpha value is -3.01. The van der Waals surface area contributed by atoms with Crippen molar-refractivity contribution in [2.45, 2.75) is 78.1 Å². The second kappa shape index (κ2) is 11.2. The van der Waals surface area contributed by atoms with Crippen LogP contribution in [-0.2, 0) is 10.8 Å². The molecule has 0 aliphatic rings. The Morgan fingerprint density at radius 3 is 2.29 bits per heavy atom. The first-order valence-corrected chi connectivity index (χ1v) is 12.9. The molecule has 0 saturated carbocycles. The fourth-order valence-corrected chi connectivity index (χ4v) is 4.30. The third-order valence-electron chi connectivity index (χ3n) is 7.49. The molecule has 3 rings (SSSR count). The molecule has 0 spiro atoms. The predicted octanol–water partition coefficient (Wildman–Crippen LogP) is 7.51. The summed E-state index contributed by atoms with van der Waals surface area (Å²) >= 11 is 0. The lowest BCUT2D eigenvalue weighted by Crippen LogP contribution is -2.25. The van der Waals surface area contributed by atoms with Crippen molar-refractivity contribution in [3.63, 3.8) is 0 Å². The van der Waals surface area contributed by atoms with Crippen LogP contribution in [0, 0.1) is 0 Å². The fraction of sp³-hybridized carbons (Fsp3) is 0.452. The topological polar surface area (TPSA) is 58.6 Å². The Balaban J connectivity index is 1.53. The molecule has 2 N–H and O–H groups in total. The maximum Gasteiger partial charge on any atom is 0.255 e. The number of hydrogen-bond donors (Lipinski definition) is 2. The van der Waals surface area contributed by atoms with Crippen molar-refractivity contribution in [2.24, 2.45) is 0 Å². The van der Waals surface area contributed by atoms with E-state index in [1.807, 2.05) is 30.3 Å². The molecule has 3 aromatic carbocycles. The molecule has 188 valence electrons. The zero-order valence-electron chi connectivity index (χ0n) is 22.2. The summed E-state index contributed by atoms with van der Waals surface area (Å²) in [5, 5.41) is 15.0. The van der Waals surface area contributed by atoms with Crippen LogP contribution in [0.3, 0.4) is 0 Å². The lowest BCUT2D eigenvalue weighted by Gasteiger charge is -2.34. The molecule has 1 amide bonds. The van der Waals surface area contributed by atoms with Crippen molar-refractivity contribution in [1.29, 1.82) is 0 Å². The molecule has 0 aromatic heterocycles. The molecule has 0 bridgehead atoms. The molecule has 0 radical (unpaired) electrons. The number of benzene rings is 3. The number of hydrogen-bond acceptors (Lipinski definition) is 3. The molecule has 35 heavy (non-hydrogen) atoms. The fourth-order valence-electron chi connectivity index (χ4n) is 4.30. The molecule has 0 aliphatic heterocycles. The molecule has 0 saturated heterocycles. The summed E-state index contributed by atoms with van der Waals surface area (Å²) in [5.41, 5.74) is 3.28. The van der Waals surface area contributed by atoms with Gasteiger partial charge >= 0.3 is 0 Å². The average Bonchev–Trinajstić information content (AvgIpc) is 2.86. The highest BCUT2D eigenvalue weighted by atomic mass is 16.5. The maximum absolute atomic E-state index is 12.6. The van der Waals surface area contributed by atoms with E-state index < -0.39 is 0 Å². The van der Waals surface area contributed by atoms with Crippen molar-refractivity contribution in [2.75, 3.05) is 13.2 Å². The summed E-state index contributed by atoms with van der Waals surface area (Å²) in [5.74, 6) is 0.682. The highest BCUT2D eigenvalue weighted by molar-refractivity contribution is 6.03. The highest BCUT2D eigenvalue weighted by Gasteiger charge is 2.29. The van der Waals surface area contributed by atoms with Crippen LogP contribution in [0.5, 0.6) is 11.5 Å². The summed E-state index contributed by atoms with van der Waals surface area (Å²) in [6.07, 6.45) is 3.78. The smallest absolute Gasteiger partial charge is 0.255 e. The summed E-state index contributed by atoms with van der Waals surface area (Å²) < 4.78 is 6.09. The van der Waals surface area contributed by atoms with E-state index in [0.717, 1.165) is 36.8 Å². The number of unbranched alkanes of at least 4 members (excludes halogenated alkanes) is 1. The van der Waals surface area contributed by atoms with Crippen LogP contribution in [-0.4, -0.2) is 24.2 Å². The van der Waals surface area contributed by atoms with Crippen molar-refractivity contribution >= 4 is 16.7 Å². The van der Waals surface area contributed by atoms with E-state index in [-0.39, 0.29) is 22.5 Å². The van der Waals surface area contributed by atoms with Crippen LogP contribution in [0.4, 0.5) is 0 Å². The van der Waals surface area contributed by atoms with Crippen LogP contribution >= 0.6 is 0 Å². The summed E-state index contributed by atoms with van der Waals surface area (Å²) in [6.45, 7) is 14.8. The first-order valence-electron chi connectivity index (χ1n) is 12.9.